The van der Waals surface area contributed by atoms with E-state index in [0.717, 1.165) is 20.0 Å². The van der Waals surface area contributed by atoms with Crippen LogP contribution in [0.2, 0.25) is 0 Å². The normalized spacial score (nSPS) is 25.9. The van der Waals surface area contributed by atoms with Gasteiger partial charge in [-0.25, -0.2) is 9.59 Å². The molecule has 1 aliphatic heterocycles. The minimum absolute atomic E-state index is 0.0894. The molecule has 2 unspecified atom stereocenters. The van der Waals surface area contributed by atoms with Gasteiger partial charge in [0.2, 0.25) is 11.8 Å². The van der Waals surface area contributed by atoms with Crippen LogP contribution in [-0.2, 0) is 28.7 Å². The lowest BCUT2D eigenvalue weighted by molar-refractivity contribution is -0.153. The maximum Gasteiger partial charge on any atom is 0.408 e. The summed E-state index contributed by atoms with van der Waals surface area (Å²) in [5.41, 5.74) is -1.54. The zero-order chi connectivity index (χ0) is 28.1. The number of carbonyl (C=O) groups excluding carboxylic acids is 5. The first-order valence-electron chi connectivity index (χ1n) is 13.1. The summed E-state index contributed by atoms with van der Waals surface area (Å²) in [5, 5.41) is 5.50. The number of nitrogens with one attached hydrogen (secondary N) is 2. The predicted octanol–water partition coefficient (Wildman–Crippen LogP) is 2.44. The van der Waals surface area contributed by atoms with E-state index in [0.29, 0.717) is 13.0 Å². The van der Waals surface area contributed by atoms with Gasteiger partial charge >= 0.3 is 12.1 Å². The zero-order valence-electron chi connectivity index (χ0n) is 23.6. The molecule has 10 nitrogen and oxygen atoms in total. The maximum atomic E-state index is 13.9. The van der Waals surface area contributed by atoms with Crippen LogP contribution in [0.25, 0.3) is 0 Å². The summed E-state index contributed by atoms with van der Waals surface area (Å²) >= 11 is 0. The smallest absolute Gasteiger partial charge is 0.408 e. The van der Waals surface area contributed by atoms with Gasteiger partial charge in [-0.2, -0.15) is 0 Å². The summed E-state index contributed by atoms with van der Waals surface area (Å²) in [5.74, 6) is -2.32. The van der Waals surface area contributed by atoms with Crippen LogP contribution < -0.4 is 10.6 Å². The molecule has 0 spiro atoms. The number of piperidine rings is 1. The van der Waals surface area contributed by atoms with E-state index in [9.17, 15) is 24.0 Å². The average Bonchev–Trinajstić information content (AvgIpc) is 3.60. The van der Waals surface area contributed by atoms with Gasteiger partial charge in [-0.05, 0) is 55.8 Å². The van der Waals surface area contributed by atoms with Gasteiger partial charge in [-0.3, -0.25) is 14.4 Å². The molecular formula is C27H43N3O7. The number of carbonyl (C=O) groups is 5. The van der Waals surface area contributed by atoms with Crippen molar-refractivity contribution in [1.29, 1.82) is 0 Å². The number of amides is 3. The monoisotopic (exact) mass is 521 g/mol. The number of nitrogens with zero attached hydrogens (tertiary/aromatic N) is 1. The Morgan fingerprint density at radius 1 is 1.00 bits per heavy atom. The van der Waals surface area contributed by atoms with Gasteiger partial charge in [0.1, 0.15) is 17.7 Å². The molecule has 3 rings (SSSR count). The van der Waals surface area contributed by atoms with Crippen molar-refractivity contribution in [2.45, 2.75) is 98.4 Å². The molecule has 2 N–H and O–H groups in total. The minimum Gasteiger partial charge on any atom is -0.463 e. The first kappa shape index (κ1) is 28.9. The number of Topliss-reactive ketones (excluding diaryl/α,β-unsaturated/α-hetero) is 1. The highest BCUT2D eigenvalue weighted by Crippen LogP contribution is 2.65. The molecule has 208 valence electrons. The summed E-state index contributed by atoms with van der Waals surface area (Å²) < 4.78 is 9.99. The van der Waals surface area contributed by atoms with Crippen LogP contribution in [0.4, 0.5) is 4.79 Å². The van der Waals surface area contributed by atoms with Crippen LogP contribution in [0.3, 0.4) is 0 Å². The molecule has 0 aromatic rings. The van der Waals surface area contributed by atoms with Crippen molar-refractivity contribution in [3.63, 3.8) is 0 Å². The summed E-state index contributed by atoms with van der Waals surface area (Å²) in [6.45, 7) is 15.2. The van der Waals surface area contributed by atoms with Gasteiger partial charge in [0.25, 0.3) is 5.78 Å². The Hall–Kier alpha value is -2.65. The van der Waals surface area contributed by atoms with Gasteiger partial charge in [-0.1, -0.05) is 47.5 Å². The van der Waals surface area contributed by atoms with E-state index >= 15 is 0 Å². The lowest BCUT2D eigenvalue weighted by atomic mass is 9.85. The molecular weight excluding hydrogens is 478 g/mol. The standard InChI is InChI=1S/C27H43N3O7/c1-25(2,3)20(29-24(35)37-26(4,5)6)22(33)30-13-15-17(27(15,7)8)18(30)21(32)28-16(12-14-10-11-14)19(31)23(34)36-9/h14-18,20H,10-13H2,1-9H3,(H,28,32)(H,29,35)/t15-,16?,17-,18-,20?/m0/s1. The predicted molar refractivity (Wildman–Crippen MR) is 135 cm³/mol. The quantitative estimate of drug-likeness (QED) is 0.370. The molecule has 2 aliphatic carbocycles. The van der Waals surface area contributed by atoms with Gasteiger partial charge in [0.15, 0.2) is 0 Å². The van der Waals surface area contributed by atoms with E-state index in [1.54, 1.807) is 20.8 Å². The zero-order valence-corrected chi connectivity index (χ0v) is 23.6. The molecule has 0 aromatic carbocycles. The van der Waals surface area contributed by atoms with Crippen molar-refractivity contribution in [1.82, 2.24) is 15.5 Å². The average molecular weight is 522 g/mol. The van der Waals surface area contributed by atoms with E-state index in [2.05, 4.69) is 29.2 Å². The lowest BCUT2D eigenvalue weighted by Crippen LogP contribution is -2.60. The van der Waals surface area contributed by atoms with E-state index in [-0.39, 0.29) is 29.1 Å². The molecule has 0 aromatic heterocycles. The van der Waals surface area contributed by atoms with Crippen molar-refractivity contribution < 1.29 is 33.4 Å². The minimum atomic E-state index is -0.997. The molecule has 1 heterocycles. The Kier molecular flexibility index (Phi) is 7.74. The van der Waals surface area contributed by atoms with Crippen LogP contribution in [0, 0.1) is 28.6 Å². The van der Waals surface area contributed by atoms with Crippen LogP contribution in [0.1, 0.15) is 74.7 Å². The summed E-state index contributed by atoms with van der Waals surface area (Å²) in [6.07, 6.45) is 1.54. The molecule has 0 bridgehead atoms. The van der Waals surface area contributed by atoms with E-state index < -0.39 is 52.9 Å². The highest BCUT2D eigenvalue weighted by atomic mass is 16.6. The Labute approximate surface area is 219 Å². The largest absolute Gasteiger partial charge is 0.463 e. The number of likely N-dealkylation sites (tertiary alicyclic amines) is 1. The number of methoxy groups -OCH3 is 1. The molecule has 3 amide bonds. The van der Waals surface area contributed by atoms with Crippen LogP contribution in [0.5, 0.6) is 0 Å². The molecule has 5 atom stereocenters. The van der Waals surface area contributed by atoms with Crippen molar-refractivity contribution in [2.24, 2.45) is 28.6 Å². The van der Waals surface area contributed by atoms with Crippen LogP contribution >= 0.6 is 0 Å². The van der Waals surface area contributed by atoms with Gasteiger partial charge < -0.3 is 25.0 Å². The van der Waals surface area contributed by atoms with Gasteiger partial charge in [0.05, 0.1) is 13.2 Å². The first-order valence-corrected chi connectivity index (χ1v) is 13.1. The fraction of sp³-hybridized carbons (Fsp3) is 0.815. The second-order valence-electron chi connectivity index (χ2n) is 13.4. The van der Waals surface area contributed by atoms with Crippen molar-refractivity contribution in [3.05, 3.63) is 0 Å². The van der Waals surface area contributed by atoms with Crippen LogP contribution in [0.15, 0.2) is 0 Å². The highest BCUT2D eigenvalue weighted by Gasteiger charge is 2.70. The number of ketones is 1. The van der Waals surface area contributed by atoms with Crippen molar-refractivity contribution in [2.75, 3.05) is 13.7 Å². The molecule has 0 radical (unpaired) electrons. The third kappa shape index (κ3) is 6.44. The Morgan fingerprint density at radius 3 is 2.08 bits per heavy atom. The van der Waals surface area contributed by atoms with E-state index in [4.69, 9.17) is 4.74 Å². The van der Waals surface area contributed by atoms with Gasteiger partial charge in [0, 0.05) is 6.54 Å². The fourth-order valence-corrected chi connectivity index (χ4v) is 5.47. The number of hydrogen-bond donors (Lipinski definition) is 2. The molecule has 2 saturated carbocycles. The third-order valence-corrected chi connectivity index (χ3v) is 7.82. The first-order chi connectivity index (χ1) is 16.9. The topological polar surface area (TPSA) is 131 Å². The second kappa shape index (κ2) is 9.91. The fourth-order valence-electron chi connectivity index (χ4n) is 5.47. The summed E-state index contributed by atoms with van der Waals surface area (Å²) in [7, 11) is 1.13. The van der Waals surface area contributed by atoms with Gasteiger partial charge in [-0.15, -0.1) is 0 Å². The Balaban J connectivity index is 1.83. The van der Waals surface area contributed by atoms with Crippen LogP contribution in [-0.4, -0.2) is 71.9 Å². The third-order valence-electron chi connectivity index (χ3n) is 7.82. The molecule has 3 aliphatic rings. The SMILES string of the molecule is COC(=O)C(=O)C(CC1CC1)NC(=O)[C@@H]1[C@@H]2[C@H](CN1C(=O)C(NC(=O)OC(C)(C)C)C(C)(C)C)C2(C)C. The van der Waals surface area contributed by atoms with Crippen molar-refractivity contribution >= 4 is 29.7 Å². The summed E-state index contributed by atoms with van der Waals surface area (Å²) in [4.78, 5) is 66.3. The molecule has 10 heteroatoms. The molecule has 37 heavy (non-hydrogen) atoms. The number of esters is 1. The number of hydrogen-bond acceptors (Lipinski definition) is 7. The number of fused-ring (bicyclic) bond motifs is 1. The Morgan fingerprint density at radius 2 is 1.59 bits per heavy atom. The Bertz CT molecular complexity index is 958. The number of ether oxygens (including phenoxy) is 2. The summed E-state index contributed by atoms with van der Waals surface area (Å²) in [6, 6.07) is -2.74. The maximum absolute atomic E-state index is 13.9. The molecule has 3 fully saturated rings. The van der Waals surface area contributed by atoms with E-state index in [1.807, 2.05) is 20.8 Å². The second-order valence-corrected chi connectivity index (χ2v) is 13.4. The van der Waals surface area contributed by atoms with E-state index in [1.165, 1.54) is 4.90 Å². The molecule has 1 saturated heterocycles. The highest BCUT2D eigenvalue weighted by molar-refractivity contribution is 6.36. The number of rotatable bonds is 8. The number of alkyl carbamates (subject to hydrolysis) is 1. The van der Waals surface area contributed by atoms with Crippen molar-refractivity contribution in [3.8, 4) is 0 Å². The lowest BCUT2D eigenvalue weighted by Gasteiger charge is -2.38.